The van der Waals surface area contributed by atoms with Gasteiger partial charge in [-0.25, -0.2) is 9.18 Å². The summed E-state index contributed by atoms with van der Waals surface area (Å²) in [5, 5.41) is 8.95. The van der Waals surface area contributed by atoms with Gasteiger partial charge in [0.15, 0.2) is 0 Å². The summed E-state index contributed by atoms with van der Waals surface area (Å²) in [6.45, 7) is 4.61. The van der Waals surface area contributed by atoms with Crippen molar-refractivity contribution in [2.45, 2.75) is 45.4 Å². The second-order valence-electron chi connectivity index (χ2n) is 5.77. The van der Waals surface area contributed by atoms with Crippen LogP contribution < -0.4 is 4.74 Å². The monoisotopic (exact) mass is 309 g/mol. The van der Waals surface area contributed by atoms with E-state index in [1.807, 2.05) is 0 Å². The standard InChI is InChI=1S/C17H24FNO3/c1-2-3-8-19-9-6-15(7-10-19)22-16-5-4-13(17(20)21)11-14(16)12-18/h4-5,11,15H,2-3,6-10,12H2,1H3,(H,20,21). The predicted octanol–water partition coefficient (Wildman–Crippen LogP) is 3.50. The maximum absolute atomic E-state index is 13.1. The lowest BCUT2D eigenvalue weighted by Crippen LogP contribution is -2.38. The van der Waals surface area contributed by atoms with Crippen molar-refractivity contribution < 1.29 is 19.0 Å². The Kier molecular flexibility index (Phi) is 6.19. The molecule has 5 heteroatoms. The highest BCUT2D eigenvalue weighted by Gasteiger charge is 2.21. The number of hydrogen-bond donors (Lipinski definition) is 1. The van der Waals surface area contributed by atoms with Crippen molar-refractivity contribution in [1.29, 1.82) is 0 Å². The number of piperidine rings is 1. The van der Waals surface area contributed by atoms with Gasteiger partial charge in [-0.1, -0.05) is 13.3 Å². The molecular formula is C17H24FNO3. The molecule has 4 nitrogen and oxygen atoms in total. The zero-order chi connectivity index (χ0) is 15.9. The molecule has 1 saturated heterocycles. The second kappa shape index (κ2) is 8.13. The fraction of sp³-hybridized carbons (Fsp3) is 0.588. The van der Waals surface area contributed by atoms with Crippen LogP contribution in [0.5, 0.6) is 5.75 Å². The quantitative estimate of drug-likeness (QED) is 0.837. The van der Waals surface area contributed by atoms with Gasteiger partial charge in [-0.05, 0) is 44.0 Å². The molecule has 1 N–H and O–H groups in total. The molecule has 1 heterocycles. The number of aromatic carboxylic acids is 1. The zero-order valence-corrected chi connectivity index (χ0v) is 13.1. The lowest BCUT2D eigenvalue weighted by atomic mass is 10.1. The Morgan fingerprint density at radius 1 is 1.41 bits per heavy atom. The largest absolute Gasteiger partial charge is 0.490 e. The highest BCUT2D eigenvalue weighted by Crippen LogP contribution is 2.25. The van der Waals surface area contributed by atoms with E-state index in [0.29, 0.717) is 11.3 Å². The number of carboxylic acid groups (broad SMARTS) is 1. The van der Waals surface area contributed by atoms with Gasteiger partial charge < -0.3 is 14.7 Å². The van der Waals surface area contributed by atoms with Gasteiger partial charge in [-0.15, -0.1) is 0 Å². The first-order valence-electron chi connectivity index (χ1n) is 7.95. The summed E-state index contributed by atoms with van der Waals surface area (Å²) in [7, 11) is 0. The molecule has 2 rings (SSSR count). The Bertz CT molecular complexity index is 499. The van der Waals surface area contributed by atoms with Gasteiger partial charge in [0, 0.05) is 18.7 Å². The minimum absolute atomic E-state index is 0.0823. The number of rotatable bonds is 7. The van der Waals surface area contributed by atoms with Gasteiger partial charge in [0.1, 0.15) is 18.5 Å². The van der Waals surface area contributed by atoms with Crippen LogP contribution in [0, 0.1) is 0 Å². The van der Waals surface area contributed by atoms with E-state index in [9.17, 15) is 9.18 Å². The van der Waals surface area contributed by atoms with Crippen LogP contribution >= 0.6 is 0 Å². The first-order valence-corrected chi connectivity index (χ1v) is 7.95. The molecule has 0 aromatic heterocycles. The number of halogens is 1. The van der Waals surface area contributed by atoms with Crippen LogP contribution in [-0.4, -0.2) is 41.7 Å². The van der Waals surface area contributed by atoms with Gasteiger partial charge in [0.25, 0.3) is 0 Å². The first-order chi connectivity index (χ1) is 10.6. The van der Waals surface area contributed by atoms with Gasteiger partial charge in [0.2, 0.25) is 0 Å². The third kappa shape index (κ3) is 4.44. The summed E-state index contributed by atoms with van der Waals surface area (Å²) in [6, 6.07) is 4.39. The molecule has 1 aliphatic heterocycles. The van der Waals surface area contributed by atoms with E-state index in [4.69, 9.17) is 9.84 Å². The number of ether oxygens (including phenoxy) is 1. The number of hydrogen-bond acceptors (Lipinski definition) is 3. The van der Waals surface area contributed by atoms with Crippen LogP contribution in [0.25, 0.3) is 0 Å². The van der Waals surface area contributed by atoms with E-state index in [1.54, 1.807) is 6.07 Å². The Morgan fingerprint density at radius 2 is 2.14 bits per heavy atom. The van der Waals surface area contributed by atoms with Crippen molar-refractivity contribution in [3.05, 3.63) is 29.3 Å². The third-order valence-corrected chi connectivity index (χ3v) is 4.11. The maximum atomic E-state index is 13.1. The van der Waals surface area contributed by atoms with E-state index in [1.165, 1.54) is 25.0 Å². The Labute approximate surface area is 130 Å². The van der Waals surface area contributed by atoms with Crippen molar-refractivity contribution in [2.24, 2.45) is 0 Å². The molecule has 122 valence electrons. The molecule has 0 aliphatic carbocycles. The number of nitrogens with zero attached hydrogens (tertiary/aromatic N) is 1. The Hall–Kier alpha value is -1.62. The number of carbonyl (C=O) groups is 1. The normalized spacial score (nSPS) is 16.6. The molecule has 0 atom stereocenters. The van der Waals surface area contributed by atoms with Gasteiger partial charge in [-0.3, -0.25) is 0 Å². The van der Waals surface area contributed by atoms with Crippen molar-refractivity contribution in [1.82, 2.24) is 4.90 Å². The molecule has 0 spiro atoms. The summed E-state index contributed by atoms with van der Waals surface area (Å²) in [5.41, 5.74) is 0.405. The highest BCUT2D eigenvalue weighted by atomic mass is 19.1. The first kappa shape index (κ1) is 16.7. The van der Waals surface area contributed by atoms with Crippen LogP contribution in [0.3, 0.4) is 0 Å². The van der Waals surface area contributed by atoms with Crippen LogP contribution in [0.1, 0.15) is 48.5 Å². The molecule has 0 unspecified atom stereocenters. The molecule has 1 aromatic carbocycles. The van der Waals surface area contributed by atoms with Crippen molar-refractivity contribution in [2.75, 3.05) is 19.6 Å². The van der Waals surface area contributed by atoms with E-state index in [0.717, 1.165) is 32.5 Å². The average molecular weight is 309 g/mol. The molecule has 1 aromatic rings. The fourth-order valence-electron chi connectivity index (χ4n) is 2.74. The lowest BCUT2D eigenvalue weighted by molar-refractivity contribution is 0.0696. The Morgan fingerprint density at radius 3 is 2.73 bits per heavy atom. The number of benzene rings is 1. The third-order valence-electron chi connectivity index (χ3n) is 4.11. The SMILES string of the molecule is CCCCN1CCC(Oc2ccc(C(=O)O)cc2CF)CC1. The molecule has 0 bridgehead atoms. The minimum Gasteiger partial charge on any atom is -0.490 e. The van der Waals surface area contributed by atoms with E-state index in [-0.39, 0.29) is 11.7 Å². The van der Waals surface area contributed by atoms with Crippen molar-refractivity contribution in [3.63, 3.8) is 0 Å². The molecule has 22 heavy (non-hydrogen) atoms. The number of carboxylic acids is 1. The molecule has 0 saturated carbocycles. The van der Waals surface area contributed by atoms with Crippen LogP contribution in [0.4, 0.5) is 4.39 Å². The number of unbranched alkanes of at least 4 members (excludes halogenated alkanes) is 1. The Balaban J connectivity index is 1.93. The number of alkyl halides is 1. The van der Waals surface area contributed by atoms with Crippen molar-refractivity contribution in [3.8, 4) is 5.75 Å². The van der Waals surface area contributed by atoms with Gasteiger partial charge in [-0.2, -0.15) is 0 Å². The second-order valence-corrected chi connectivity index (χ2v) is 5.77. The minimum atomic E-state index is -1.05. The predicted molar refractivity (Wildman–Crippen MR) is 83.2 cm³/mol. The summed E-state index contributed by atoms with van der Waals surface area (Å²) >= 11 is 0. The van der Waals surface area contributed by atoms with E-state index < -0.39 is 12.6 Å². The van der Waals surface area contributed by atoms with Crippen LogP contribution in [-0.2, 0) is 6.67 Å². The molecular weight excluding hydrogens is 285 g/mol. The summed E-state index contributed by atoms with van der Waals surface area (Å²) < 4.78 is 19.0. The van der Waals surface area contributed by atoms with Crippen LogP contribution in [0.15, 0.2) is 18.2 Å². The van der Waals surface area contributed by atoms with E-state index >= 15 is 0 Å². The molecule has 0 radical (unpaired) electrons. The fourth-order valence-corrected chi connectivity index (χ4v) is 2.74. The zero-order valence-electron chi connectivity index (χ0n) is 13.1. The lowest BCUT2D eigenvalue weighted by Gasteiger charge is -2.32. The van der Waals surface area contributed by atoms with Gasteiger partial charge >= 0.3 is 5.97 Å². The smallest absolute Gasteiger partial charge is 0.335 e. The summed E-state index contributed by atoms with van der Waals surface area (Å²) in [6.07, 6.45) is 4.35. The maximum Gasteiger partial charge on any atom is 0.335 e. The molecule has 1 aliphatic rings. The summed E-state index contributed by atoms with van der Waals surface area (Å²) in [5.74, 6) is -0.579. The topological polar surface area (TPSA) is 49.8 Å². The number of likely N-dealkylation sites (tertiary alicyclic amines) is 1. The average Bonchev–Trinajstić information content (AvgIpc) is 2.54. The molecule has 0 amide bonds. The van der Waals surface area contributed by atoms with E-state index in [2.05, 4.69) is 11.8 Å². The highest BCUT2D eigenvalue weighted by molar-refractivity contribution is 5.88. The van der Waals surface area contributed by atoms with Crippen LogP contribution in [0.2, 0.25) is 0 Å². The van der Waals surface area contributed by atoms with Gasteiger partial charge in [0.05, 0.1) is 5.56 Å². The molecule has 1 fully saturated rings. The van der Waals surface area contributed by atoms with Crippen molar-refractivity contribution >= 4 is 5.97 Å². The summed E-state index contributed by atoms with van der Waals surface area (Å²) in [4.78, 5) is 13.4.